The van der Waals surface area contributed by atoms with Crippen molar-refractivity contribution in [3.8, 4) is 5.75 Å². The van der Waals surface area contributed by atoms with Gasteiger partial charge in [0.25, 0.3) is 0 Å². The fourth-order valence-corrected chi connectivity index (χ4v) is 1.22. The quantitative estimate of drug-likeness (QED) is 0.626. The van der Waals surface area contributed by atoms with E-state index in [-0.39, 0.29) is 24.2 Å². The minimum Gasteiger partial charge on any atom is -0.481 e. The number of rotatable bonds is 5. The van der Waals surface area contributed by atoms with Crippen LogP contribution in [-0.2, 0) is 14.3 Å². The van der Waals surface area contributed by atoms with E-state index in [9.17, 15) is 14.4 Å². The highest BCUT2D eigenvalue weighted by Gasteiger charge is 2.15. The number of hydrogen-bond acceptors (Lipinski definition) is 5. The first-order valence-corrected chi connectivity index (χ1v) is 5.14. The fourth-order valence-electron chi connectivity index (χ4n) is 1.22. The second-order valence-electron chi connectivity index (χ2n) is 3.36. The molecule has 0 unspecified atom stereocenters. The molecule has 0 bridgehead atoms. The molecular weight excluding hydrogens is 240 g/mol. The van der Waals surface area contributed by atoms with Crippen LogP contribution in [0, 0.1) is 0 Å². The highest BCUT2D eigenvalue weighted by molar-refractivity contribution is 5.93. The van der Waals surface area contributed by atoms with E-state index >= 15 is 0 Å². The van der Waals surface area contributed by atoms with Gasteiger partial charge in [0.2, 0.25) is 0 Å². The van der Waals surface area contributed by atoms with Crippen LogP contribution in [0.3, 0.4) is 0 Å². The number of methoxy groups -OCH3 is 1. The van der Waals surface area contributed by atoms with Crippen LogP contribution >= 0.6 is 0 Å². The molecular formula is C12H12O6. The van der Waals surface area contributed by atoms with Crippen LogP contribution in [0.5, 0.6) is 5.75 Å². The van der Waals surface area contributed by atoms with Gasteiger partial charge in [-0.25, -0.2) is 4.79 Å². The molecule has 0 spiro atoms. The maximum atomic E-state index is 11.4. The van der Waals surface area contributed by atoms with Crippen LogP contribution in [0.2, 0.25) is 0 Å². The Morgan fingerprint density at radius 2 is 1.83 bits per heavy atom. The van der Waals surface area contributed by atoms with E-state index in [1.807, 2.05) is 0 Å². The van der Waals surface area contributed by atoms with E-state index in [4.69, 9.17) is 9.84 Å². The van der Waals surface area contributed by atoms with Crippen LogP contribution in [0.25, 0.3) is 0 Å². The molecule has 1 aromatic carbocycles. The molecule has 0 heterocycles. The van der Waals surface area contributed by atoms with Crippen molar-refractivity contribution in [2.75, 3.05) is 7.11 Å². The molecule has 0 radical (unpaired) electrons. The first-order chi connectivity index (χ1) is 8.54. The maximum absolute atomic E-state index is 11.4. The second kappa shape index (κ2) is 6.39. The zero-order valence-electron chi connectivity index (χ0n) is 9.71. The second-order valence-corrected chi connectivity index (χ2v) is 3.36. The summed E-state index contributed by atoms with van der Waals surface area (Å²) >= 11 is 0. The summed E-state index contributed by atoms with van der Waals surface area (Å²) in [7, 11) is 1.21. The summed E-state index contributed by atoms with van der Waals surface area (Å²) in [6.07, 6.45) is -0.579. The smallest absolute Gasteiger partial charge is 0.341 e. The monoisotopic (exact) mass is 252 g/mol. The minimum atomic E-state index is -1.09. The Balaban J connectivity index is 2.75. The lowest BCUT2D eigenvalue weighted by Crippen LogP contribution is -2.13. The summed E-state index contributed by atoms with van der Waals surface area (Å²) < 4.78 is 9.45. The normalized spacial score (nSPS) is 9.61. The summed E-state index contributed by atoms with van der Waals surface area (Å²) in [4.78, 5) is 33.0. The molecule has 0 atom stereocenters. The van der Waals surface area contributed by atoms with Gasteiger partial charge in [0.1, 0.15) is 11.3 Å². The largest absolute Gasteiger partial charge is 0.481 e. The molecule has 0 saturated carbocycles. The van der Waals surface area contributed by atoms with E-state index in [2.05, 4.69) is 4.74 Å². The molecule has 1 N–H and O–H groups in total. The number of carboxylic acids is 1. The summed E-state index contributed by atoms with van der Waals surface area (Å²) in [5.41, 5.74) is 0.115. The number of carbonyl (C=O) groups excluding carboxylic acids is 2. The van der Waals surface area contributed by atoms with Crippen LogP contribution in [-0.4, -0.2) is 30.1 Å². The van der Waals surface area contributed by atoms with Gasteiger partial charge in [-0.05, 0) is 12.1 Å². The third kappa shape index (κ3) is 3.89. The van der Waals surface area contributed by atoms with Gasteiger partial charge in [-0.15, -0.1) is 0 Å². The maximum Gasteiger partial charge on any atom is 0.341 e. The van der Waals surface area contributed by atoms with E-state index in [1.165, 1.54) is 19.2 Å². The number of ether oxygens (including phenoxy) is 2. The van der Waals surface area contributed by atoms with Gasteiger partial charge in [0.05, 0.1) is 20.0 Å². The van der Waals surface area contributed by atoms with Gasteiger partial charge in [0, 0.05) is 0 Å². The van der Waals surface area contributed by atoms with Crippen LogP contribution in [0.1, 0.15) is 23.2 Å². The summed E-state index contributed by atoms with van der Waals surface area (Å²) in [5, 5.41) is 8.43. The highest BCUT2D eigenvalue weighted by atomic mass is 16.5. The van der Waals surface area contributed by atoms with Crippen molar-refractivity contribution in [3.05, 3.63) is 29.8 Å². The van der Waals surface area contributed by atoms with Gasteiger partial charge in [-0.1, -0.05) is 12.1 Å². The Bertz CT molecular complexity index is 465. The third-order valence-electron chi connectivity index (χ3n) is 2.06. The number of carbonyl (C=O) groups is 3. The summed E-state index contributed by atoms with van der Waals surface area (Å²) in [6, 6.07) is 6.07. The Hall–Kier alpha value is -2.37. The molecule has 0 aliphatic carbocycles. The number of carboxylic acid groups (broad SMARTS) is 1. The molecule has 6 heteroatoms. The average molecular weight is 252 g/mol. The van der Waals surface area contributed by atoms with Crippen molar-refractivity contribution in [1.82, 2.24) is 0 Å². The molecule has 1 aromatic rings. The first kappa shape index (κ1) is 13.7. The molecule has 18 heavy (non-hydrogen) atoms. The zero-order valence-corrected chi connectivity index (χ0v) is 9.71. The van der Waals surface area contributed by atoms with Gasteiger partial charge in [-0.2, -0.15) is 0 Å². The first-order valence-electron chi connectivity index (χ1n) is 5.14. The lowest BCUT2D eigenvalue weighted by molar-refractivity contribution is -0.142. The number of aliphatic carboxylic acids is 1. The number of para-hydroxylation sites is 1. The van der Waals surface area contributed by atoms with Crippen molar-refractivity contribution >= 4 is 17.9 Å². The Morgan fingerprint density at radius 3 is 2.44 bits per heavy atom. The van der Waals surface area contributed by atoms with Crippen LogP contribution in [0.4, 0.5) is 0 Å². The highest BCUT2D eigenvalue weighted by Crippen LogP contribution is 2.19. The number of esters is 2. The predicted molar refractivity (Wildman–Crippen MR) is 60.3 cm³/mol. The van der Waals surface area contributed by atoms with E-state index < -0.39 is 17.9 Å². The van der Waals surface area contributed by atoms with Gasteiger partial charge >= 0.3 is 17.9 Å². The molecule has 0 aliphatic heterocycles. The molecule has 0 aliphatic rings. The standard InChI is InChI=1S/C12H12O6/c1-17-12(16)8-4-2-3-5-9(8)18-11(15)7-6-10(13)14/h2-5H,6-7H2,1H3,(H,13,14). The molecule has 0 fully saturated rings. The van der Waals surface area contributed by atoms with Gasteiger partial charge in [0.15, 0.2) is 0 Å². The van der Waals surface area contributed by atoms with Crippen molar-refractivity contribution in [2.24, 2.45) is 0 Å². The lowest BCUT2D eigenvalue weighted by atomic mass is 10.2. The molecule has 0 saturated heterocycles. The number of hydrogen-bond donors (Lipinski definition) is 1. The van der Waals surface area contributed by atoms with Crippen molar-refractivity contribution in [2.45, 2.75) is 12.8 Å². The predicted octanol–water partition coefficient (Wildman–Crippen LogP) is 1.24. The molecule has 0 amide bonds. The van der Waals surface area contributed by atoms with Crippen LogP contribution < -0.4 is 4.74 Å². The van der Waals surface area contributed by atoms with E-state index in [0.29, 0.717) is 0 Å². The van der Waals surface area contributed by atoms with E-state index in [1.54, 1.807) is 12.1 Å². The van der Waals surface area contributed by atoms with Gasteiger partial charge < -0.3 is 14.6 Å². The minimum absolute atomic E-state index is 0.0553. The van der Waals surface area contributed by atoms with Crippen molar-refractivity contribution in [1.29, 1.82) is 0 Å². The molecule has 0 aromatic heterocycles. The summed E-state index contributed by atoms with van der Waals surface area (Å²) in [5.74, 6) is -2.38. The molecule has 6 nitrogen and oxygen atoms in total. The van der Waals surface area contributed by atoms with Gasteiger partial charge in [-0.3, -0.25) is 9.59 Å². The van der Waals surface area contributed by atoms with E-state index in [0.717, 1.165) is 0 Å². The molecule has 96 valence electrons. The topological polar surface area (TPSA) is 89.9 Å². The lowest BCUT2D eigenvalue weighted by Gasteiger charge is -2.07. The number of benzene rings is 1. The average Bonchev–Trinajstić information content (AvgIpc) is 2.36. The Labute approximate surface area is 103 Å². The third-order valence-corrected chi connectivity index (χ3v) is 2.06. The zero-order chi connectivity index (χ0) is 13.5. The SMILES string of the molecule is COC(=O)c1ccccc1OC(=O)CCC(=O)O. The Kier molecular flexibility index (Phi) is 4.86. The molecule has 1 rings (SSSR count). The summed E-state index contributed by atoms with van der Waals surface area (Å²) in [6.45, 7) is 0. The van der Waals surface area contributed by atoms with Crippen molar-refractivity contribution in [3.63, 3.8) is 0 Å². The Morgan fingerprint density at radius 1 is 1.17 bits per heavy atom. The fraction of sp³-hybridized carbons (Fsp3) is 0.250. The van der Waals surface area contributed by atoms with Crippen LogP contribution in [0.15, 0.2) is 24.3 Å². The van der Waals surface area contributed by atoms with Crippen molar-refractivity contribution < 1.29 is 29.0 Å².